The van der Waals surface area contributed by atoms with E-state index in [0.717, 1.165) is 26.0 Å². The molecule has 0 amide bonds. The second-order valence-corrected chi connectivity index (χ2v) is 5.04. The predicted molar refractivity (Wildman–Crippen MR) is 64.1 cm³/mol. The van der Waals surface area contributed by atoms with Crippen LogP contribution in [0.1, 0.15) is 32.3 Å². The van der Waals surface area contributed by atoms with E-state index >= 15 is 0 Å². The van der Waals surface area contributed by atoms with Crippen molar-refractivity contribution < 1.29 is 4.74 Å². The van der Waals surface area contributed by atoms with Crippen molar-refractivity contribution >= 4 is 0 Å². The lowest BCUT2D eigenvalue weighted by Crippen LogP contribution is -2.43. The van der Waals surface area contributed by atoms with Crippen molar-refractivity contribution in [3.63, 3.8) is 0 Å². The quantitative estimate of drug-likeness (QED) is 0.847. The van der Waals surface area contributed by atoms with Crippen molar-refractivity contribution in [2.75, 3.05) is 6.61 Å². The van der Waals surface area contributed by atoms with Crippen LogP contribution in [0.2, 0.25) is 0 Å². The van der Waals surface area contributed by atoms with E-state index < -0.39 is 0 Å². The summed E-state index contributed by atoms with van der Waals surface area (Å²) in [7, 11) is 0. The van der Waals surface area contributed by atoms with E-state index in [1.807, 2.05) is 12.3 Å². The number of hydrogen-bond acceptors (Lipinski definition) is 3. The molecule has 1 N–H and O–H groups in total. The number of nitrogens with one attached hydrogen (secondary N) is 1. The number of pyridine rings is 1. The van der Waals surface area contributed by atoms with E-state index in [1.165, 1.54) is 5.56 Å². The van der Waals surface area contributed by atoms with E-state index in [-0.39, 0.29) is 5.60 Å². The Morgan fingerprint density at radius 1 is 1.56 bits per heavy atom. The van der Waals surface area contributed by atoms with Gasteiger partial charge in [0, 0.05) is 31.6 Å². The fourth-order valence-corrected chi connectivity index (χ4v) is 2.17. The van der Waals surface area contributed by atoms with Crippen molar-refractivity contribution in [1.29, 1.82) is 0 Å². The summed E-state index contributed by atoms with van der Waals surface area (Å²) in [5.41, 5.74) is 1.26. The SMILES string of the molecule is CC1(C)CC(NCc2cccnc2)CCO1. The Kier molecular flexibility index (Phi) is 3.56. The summed E-state index contributed by atoms with van der Waals surface area (Å²) in [6, 6.07) is 4.64. The molecule has 0 aliphatic carbocycles. The van der Waals surface area contributed by atoms with Gasteiger partial charge in [-0.15, -0.1) is 0 Å². The van der Waals surface area contributed by atoms with E-state index in [9.17, 15) is 0 Å². The summed E-state index contributed by atoms with van der Waals surface area (Å²) >= 11 is 0. The molecular weight excluding hydrogens is 200 g/mol. The molecule has 3 nitrogen and oxygen atoms in total. The first-order valence-electron chi connectivity index (χ1n) is 5.92. The molecule has 1 aromatic rings. The van der Waals surface area contributed by atoms with Gasteiger partial charge in [0.25, 0.3) is 0 Å². The molecule has 1 aliphatic heterocycles. The van der Waals surface area contributed by atoms with E-state index in [4.69, 9.17) is 4.74 Å². The Labute approximate surface area is 97.2 Å². The fraction of sp³-hybridized carbons (Fsp3) is 0.615. The largest absolute Gasteiger partial charge is 0.375 e. The molecule has 1 atom stereocenters. The Hall–Kier alpha value is -0.930. The highest BCUT2D eigenvalue weighted by atomic mass is 16.5. The zero-order valence-corrected chi connectivity index (χ0v) is 10.1. The molecule has 2 rings (SSSR count). The van der Waals surface area contributed by atoms with Crippen molar-refractivity contribution in [2.45, 2.75) is 44.9 Å². The average molecular weight is 220 g/mol. The zero-order chi connectivity index (χ0) is 11.4. The monoisotopic (exact) mass is 220 g/mol. The summed E-state index contributed by atoms with van der Waals surface area (Å²) in [4.78, 5) is 4.11. The molecule has 3 heteroatoms. The third-order valence-electron chi connectivity index (χ3n) is 3.01. The number of rotatable bonds is 3. The standard InChI is InChI=1S/C13H20N2O/c1-13(2)8-12(5-7-16-13)15-10-11-4-3-6-14-9-11/h3-4,6,9,12,15H,5,7-8,10H2,1-2H3. The minimum Gasteiger partial charge on any atom is -0.375 e. The third kappa shape index (κ3) is 3.29. The highest BCUT2D eigenvalue weighted by Crippen LogP contribution is 2.23. The van der Waals surface area contributed by atoms with Crippen LogP contribution in [0.3, 0.4) is 0 Å². The maximum Gasteiger partial charge on any atom is 0.0641 e. The molecule has 1 saturated heterocycles. The first-order chi connectivity index (χ1) is 7.66. The van der Waals surface area contributed by atoms with Gasteiger partial charge in [-0.05, 0) is 38.3 Å². The topological polar surface area (TPSA) is 34.2 Å². The molecule has 0 spiro atoms. The van der Waals surface area contributed by atoms with Crippen molar-refractivity contribution in [2.24, 2.45) is 0 Å². The van der Waals surface area contributed by atoms with Gasteiger partial charge in [-0.1, -0.05) is 6.07 Å². The molecule has 0 saturated carbocycles. The van der Waals surface area contributed by atoms with Gasteiger partial charge in [0.2, 0.25) is 0 Å². The molecule has 2 heterocycles. The zero-order valence-electron chi connectivity index (χ0n) is 10.1. The third-order valence-corrected chi connectivity index (χ3v) is 3.01. The predicted octanol–water partition coefficient (Wildman–Crippen LogP) is 2.13. The Bertz CT molecular complexity index is 324. The number of aromatic nitrogens is 1. The molecule has 16 heavy (non-hydrogen) atoms. The second-order valence-electron chi connectivity index (χ2n) is 5.04. The van der Waals surface area contributed by atoms with E-state index in [1.54, 1.807) is 6.20 Å². The van der Waals surface area contributed by atoms with Gasteiger partial charge in [-0.25, -0.2) is 0 Å². The number of nitrogens with zero attached hydrogens (tertiary/aromatic N) is 1. The molecule has 0 radical (unpaired) electrons. The van der Waals surface area contributed by atoms with Gasteiger partial charge >= 0.3 is 0 Å². The maximum atomic E-state index is 5.70. The van der Waals surface area contributed by atoms with Crippen LogP contribution in [0.5, 0.6) is 0 Å². The smallest absolute Gasteiger partial charge is 0.0641 e. The molecule has 1 fully saturated rings. The Morgan fingerprint density at radius 3 is 3.12 bits per heavy atom. The van der Waals surface area contributed by atoms with Crippen LogP contribution >= 0.6 is 0 Å². The molecule has 0 aromatic carbocycles. The highest BCUT2D eigenvalue weighted by Gasteiger charge is 2.28. The van der Waals surface area contributed by atoms with Crippen LogP contribution in [0, 0.1) is 0 Å². The lowest BCUT2D eigenvalue weighted by Gasteiger charge is -2.36. The minimum atomic E-state index is 0.0187. The van der Waals surface area contributed by atoms with Crippen LogP contribution < -0.4 is 5.32 Å². The van der Waals surface area contributed by atoms with E-state index in [2.05, 4.69) is 30.2 Å². The molecular formula is C13H20N2O. The van der Waals surface area contributed by atoms with Crippen LogP contribution in [0.15, 0.2) is 24.5 Å². The summed E-state index contributed by atoms with van der Waals surface area (Å²) < 4.78 is 5.70. The number of hydrogen-bond donors (Lipinski definition) is 1. The molecule has 1 unspecified atom stereocenters. The van der Waals surface area contributed by atoms with Crippen LogP contribution in [-0.4, -0.2) is 23.2 Å². The van der Waals surface area contributed by atoms with Gasteiger partial charge in [0.05, 0.1) is 5.60 Å². The first-order valence-corrected chi connectivity index (χ1v) is 5.92. The fourth-order valence-electron chi connectivity index (χ4n) is 2.17. The molecule has 1 aromatic heterocycles. The molecule has 88 valence electrons. The van der Waals surface area contributed by atoms with Gasteiger partial charge in [-0.3, -0.25) is 4.98 Å². The maximum absolute atomic E-state index is 5.70. The van der Waals surface area contributed by atoms with E-state index in [0.29, 0.717) is 6.04 Å². The van der Waals surface area contributed by atoms with Gasteiger partial charge in [-0.2, -0.15) is 0 Å². The normalized spacial score (nSPS) is 24.2. The summed E-state index contributed by atoms with van der Waals surface area (Å²) in [6.45, 7) is 6.07. The van der Waals surface area contributed by atoms with Crippen LogP contribution in [0.4, 0.5) is 0 Å². The Balaban J connectivity index is 1.82. The lowest BCUT2D eigenvalue weighted by atomic mass is 9.94. The van der Waals surface area contributed by atoms with Crippen LogP contribution in [0.25, 0.3) is 0 Å². The second kappa shape index (κ2) is 4.93. The van der Waals surface area contributed by atoms with Crippen molar-refractivity contribution in [3.8, 4) is 0 Å². The number of ether oxygens (including phenoxy) is 1. The highest BCUT2D eigenvalue weighted by molar-refractivity contribution is 5.08. The molecule has 1 aliphatic rings. The summed E-state index contributed by atoms with van der Waals surface area (Å²) in [6.07, 6.45) is 5.90. The van der Waals surface area contributed by atoms with Gasteiger partial charge < -0.3 is 10.1 Å². The Morgan fingerprint density at radius 2 is 2.44 bits per heavy atom. The first kappa shape index (κ1) is 11.6. The lowest BCUT2D eigenvalue weighted by molar-refractivity contribution is -0.0630. The van der Waals surface area contributed by atoms with Gasteiger partial charge in [0.1, 0.15) is 0 Å². The molecule has 0 bridgehead atoms. The van der Waals surface area contributed by atoms with Gasteiger partial charge in [0.15, 0.2) is 0 Å². The van der Waals surface area contributed by atoms with Crippen LogP contribution in [-0.2, 0) is 11.3 Å². The minimum absolute atomic E-state index is 0.0187. The van der Waals surface area contributed by atoms with Crippen molar-refractivity contribution in [1.82, 2.24) is 10.3 Å². The summed E-state index contributed by atoms with van der Waals surface area (Å²) in [5, 5.41) is 3.57. The van der Waals surface area contributed by atoms with Crippen molar-refractivity contribution in [3.05, 3.63) is 30.1 Å². The average Bonchev–Trinajstić information content (AvgIpc) is 2.27. The summed E-state index contributed by atoms with van der Waals surface area (Å²) in [5.74, 6) is 0.